The minimum Gasteiger partial charge on any atom is -0.380 e. The Morgan fingerprint density at radius 3 is 2.79 bits per heavy atom. The number of carbonyl (C=O) groups excluding carboxylic acids is 2. The third-order valence-corrected chi connectivity index (χ3v) is 8.60. The van der Waals surface area contributed by atoms with Gasteiger partial charge in [0.15, 0.2) is 5.78 Å². The molecule has 4 aliphatic rings. The number of hydrogen-bond donors (Lipinski definition) is 0. The summed E-state index contributed by atoms with van der Waals surface area (Å²) in [5.74, 6) is -0.659. The summed E-state index contributed by atoms with van der Waals surface area (Å²) >= 11 is 0. The highest BCUT2D eigenvalue weighted by atomic mass is 19.4. The lowest BCUT2D eigenvalue weighted by Crippen LogP contribution is -2.41. The summed E-state index contributed by atoms with van der Waals surface area (Å²) in [4.78, 5) is 34.4. The summed E-state index contributed by atoms with van der Waals surface area (Å²) in [6.07, 6.45) is 2.38. The van der Waals surface area contributed by atoms with Crippen molar-refractivity contribution in [1.82, 2.24) is 14.8 Å². The van der Waals surface area contributed by atoms with Crippen LogP contribution in [0.5, 0.6) is 0 Å². The lowest BCUT2D eigenvalue weighted by atomic mass is 9.95. The maximum Gasteiger partial charge on any atom is 0.416 e. The van der Waals surface area contributed by atoms with Crippen molar-refractivity contribution in [2.45, 2.75) is 56.5 Å². The van der Waals surface area contributed by atoms with Crippen LogP contribution < -0.4 is 0 Å². The zero-order chi connectivity index (χ0) is 27.1. The number of halogens is 3. The first kappa shape index (κ1) is 26.4. The number of Topliss-reactive ketones (excluding diaryl/α,β-unsaturated/α-hetero) is 1. The Morgan fingerprint density at radius 2 is 2.00 bits per heavy atom. The fraction of sp³-hybridized carbons (Fsp3) is 0.552. The Bertz CT molecular complexity index is 1250. The third kappa shape index (κ3) is 5.47. The SMILES string of the molecule is O=C(CC1CN(C2CCOC2)C[C@@H]1OC1CCc2ccncc21)CN1CCc2ccc(C(F)(F)F)cc2C1=O. The van der Waals surface area contributed by atoms with E-state index in [9.17, 15) is 22.8 Å². The van der Waals surface area contributed by atoms with Gasteiger partial charge < -0.3 is 14.4 Å². The van der Waals surface area contributed by atoms with E-state index in [1.54, 1.807) is 6.20 Å². The number of likely N-dealkylation sites (tertiary alicyclic amines) is 1. The molecule has 3 unspecified atom stereocenters. The fourth-order valence-corrected chi connectivity index (χ4v) is 6.50. The zero-order valence-corrected chi connectivity index (χ0v) is 21.7. The Hall–Kier alpha value is -2.82. The standard InChI is InChI=1S/C29H32F3N3O4/c30-29(31,32)21-3-1-19-6-9-34(28(37)24(19)12-21)15-23(36)11-20-14-35(22-7-10-38-17-22)16-27(20)39-26-4-2-18-5-8-33-13-25(18)26/h1,3,5,8,12-13,20,22,26-27H,2,4,6-7,9-11,14-17H2/t20?,22?,26?,27-/m0/s1. The van der Waals surface area contributed by atoms with E-state index in [4.69, 9.17) is 9.47 Å². The number of ketones is 1. The second kappa shape index (κ2) is 10.6. The Balaban J connectivity index is 1.13. The summed E-state index contributed by atoms with van der Waals surface area (Å²) in [5, 5.41) is 0. The molecular weight excluding hydrogens is 511 g/mol. The molecule has 0 saturated carbocycles. The molecule has 10 heteroatoms. The Labute approximate surface area is 225 Å². The molecule has 1 aliphatic carbocycles. The van der Waals surface area contributed by atoms with Crippen LogP contribution in [-0.4, -0.2) is 78.0 Å². The van der Waals surface area contributed by atoms with Gasteiger partial charge in [0.1, 0.15) is 0 Å². The smallest absolute Gasteiger partial charge is 0.380 e. The topological polar surface area (TPSA) is 72.0 Å². The number of aryl methyl sites for hydroxylation is 1. The largest absolute Gasteiger partial charge is 0.416 e. The number of fused-ring (bicyclic) bond motifs is 2. The van der Waals surface area contributed by atoms with Crippen LogP contribution in [0, 0.1) is 5.92 Å². The number of nitrogens with zero attached hydrogens (tertiary/aromatic N) is 3. The number of alkyl halides is 3. The highest BCUT2D eigenvalue weighted by molar-refractivity contribution is 5.99. The summed E-state index contributed by atoms with van der Waals surface area (Å²) in [5.41, 5.74) is 2.13. The predicted molar refractivity (Wildman–Crippen MR) is 135 cm³/mol. The van der Waals surface area contributed by atoms with Crippen molar-refractivity contribution in [2.75, 3.05) is 39.4 Å². The first-order valence-corrected chi connectivity index (χ1v) is 13.7. The minimum atomic E-state index is -4.53. The van der Waals surface area contributed by atoms with Gasteiger partial charge in [-0.15, -0.1) is 0 Å². The summed E-state index contributed by atoms with van der Waals surface area (Å²) in [7, 11) is 0. The lowest BCUT2D eigenvalue weighted by molar-refractivity contribution is -0.137. The van der Waals surface area contributed by atoms with Crippen molar-refractivity contribution < 1.29 is 32.2 Å². The van der Waals surface area contributed by atoms with Gasteiger partial charge in [0.05, 0.1) is 30.9 Å². The number of aromatic nitrogens is 1. The van der Waals surface area contributed by atoms with Crippen LogP contribution in [-0.2, 0) is 33.3 Å². The third-order valence-electron chi connectivity index (χ3n) is 8.60. The molecule has 1 aromatic heterocycles. The van der Waals surface area contributed by atoms with Gasteiger partial charge in [-0.1, -0.05) is 6.07 Å². The molecule has 2 fully saturated rings. The van der Waals surface area contributed by atoms with E-state index in [-0.39, 0.29) is 42.4 Å². The maximum atomic E-state index is 13.3. The summed E-state index contributed by atoms with van der Waals surface area (Å²) in [6.45, 7) is 3.03. The molecule has 2 saturated heterocycles. The molecule has 208 valence electrons. The van der Waals surface area contributed by atoms with Crippen LogP contribution in [0.1, 0.15) is 58.0 Å². The second-order valence-electron chi connectivity index (χ2n) is 11.1. The van der Waals surface area contributed by atoms with E-state index in [0.29, 0.717) is 44.3 Å². The number of pyridine rings is 1. The van der Waals surface area contributed by atoms with Gasteiger partial charge in [0.25, 0.3) is 5.91 Å². The molecule has 0 bridgehead atoms. The van der Waals surface area contributed by atoms with Crippen molar-refractivity contribution >= 4 is 11.7 Å². The number of amides is 1. The number of benzene rings is 1. The van der Waals surface area contributed by atoms with E-state index in [0.717, 1.165) is 43.6 Å². The lowest BCUT2D eigenvalue weighted by Gasteiger charge is -2.29. The van der Waals surface area contributed by atoms with Crippen LogP contribution in [0.15, 0.2) is 36.7 Å². The van der Waals surface area contributed by atoms with E-state index in [1.165, 1.54) is 16.5 Å². The van der Waals surface area contributed by atoms with E-state index in [2.05, 4.69) is 9.88 Å². The van der Waals surface area contributed by atoms with Gasteiger partial charge >= 0.3 is 6.18 Å². The molecule has 0 N–H and O–H groups in total. The van der Waals surface area contributed by atoms with Crippen LogP contribution in [0.2, 0.25) is 0 Å². The summed E-state index contributed by atoms with van der Waals surface area (Å²) < 4.78 is 51.9. The molecule has 4 atom stereocenters. The van der Waals surface area contributed by atoms with Crippen LogP contribution >= 0.6 is 0 Å². The van der Waals surface area contributed by atoms with E-state index >= 15 is 0 Å². The molecule has 1 aromatic carbocycles. The van der Waals surface area contributed by atoms with Crippen LogP contribution in [0.3, 0.4) is 0 Å². The minimum absolute atomic E-state index is 0.0341. The molecule has 1 amide bonds. The molecule has 6 rings (SSSR count). The van der Waals surface area contributed by atoms with Gasteiger partial charge in [-0.2, -0.15) is 13.2 Å². The average Bonchev–Trinajstić information content (AvgIpc) is 3.66. The predicted octanol–water partition coefficient (Wildman–Crippen LogP) is 3.85. The van der Waals surface area contributed by atoms with Crippen molar-refractivity contribution in [3.8, 4) is 0 Å². The number of hydrogen-bond acceptors (Lipinski definition) is 6. The fourth-order valence-electron chi connectivity index (χ4n) is 6.50. The van der Waals surface area contributed by atoms with Gasteiger partial charge in [0.2, 0.25) is 0 Å². The van der Waals surface area contributed by atoms with Gasteiger partial charge in [0, 0.05) is 68.1 Å². The molecular formula is C29H32F3N3O4. The zero-order valence-electron chi connectivity index (χ0n) is 21.7. The molecule has 39 heavy (non-hydrogen) atoms. The molecule has 0 radical (unpaired) electrons. The second-order valence-corrected chi connectivity index (χ2v) is 11.1. The molecule has 2 aromatic rings. The monoisotopic (exact) mass is 543 g/mol. The number of rotatable bonds is 7. The normalized spacial score (nSPS) is 27.2. The van der Waals surface area contributed by atoms with Crippen molar-refractivity contribution in [3.63, 3.8) is 0 Å². The molecule has 0 spiro atoms. The van der Waals surface area contributed by atoms with E-state index < -0.39 is 17.6 Å². The quantitative estimate of drug-likeness (QED) is 0.529. The van der Waals surface area contributed by atoms with Gasteiger partial charge in [-0.3, -0.25) is 19.5 Å². The molecule has 3 aliphatic heterocycles. The molecule has 7 nitrogen and oxygen atoms in total. The Kier molecular flexibility index (Phi) is 7.20. The first-order chi connectivity index (χ1) is 18.8. The van der Waals surface area contributed by atoms with Crippen LogP contribution in [0.25, 0.3) is 0 Å². The van der Waals surface area contributed by atoms with Crippen molar-refractivity contribution in [3.05, 3.63) is 64.5 Å². The highest BCUT2D eigenvalue weighted by Gasteiger charge is 2.41. The highest BCUT2D eigenvalue weighted by Crippen LogP contribution is 2.38. The first-order valence-electron chi connectivity index (χ1n) is 13.7. The van der Waals surface area contributed by atoms with Crippen molar-refractivity contribution in [2.24, 2.45) is 5.92 Å². The maximum absolute atomic E-state index is 13.3. The molecule has 4 heterocycles. The summed E-state index contributed by atoms with van der Waals surface area (Å²) in [6, 6.07) is 5.62. The number of carbonyl (C=O) groups is 2. The Morgan fingerprint density at radius 1 is 1.13 bits per heavy atom. The van der Waals surface area contributed by atoms with E-state index in [1.807, 2.05) is 12.3 Å². The van der Waals surface area contributed by atoms with Gasteiger partial charge in [-0.05, 0) is 55.0 Å². The average molecular weight is 544 g/mol. The van der Waals surface area contributed by atoms with Gasteiger partial charge in [-0.25, -0.2) is 0 Å². The van der Waals surface area contributed by atoms with Crippen LogP contribution in [0.4, 0.5) is 13.2 Å². The number of ether oxygens (including phenoxy) is 2. The van der Waals surface area contributed by atoms with Crippen molar-refractivity contribution in [1.29, 1.82) is 0 Å².